The summed E-state index contributed by atoms with van der Waals surface area (Å²) in [7, 11) is 0. The van der Waals surface area contributed by atoms with E-state index >= 15 is 0 Å². The fraction of sp³-hybridized carbons (Fsp3) is 0.765. The van der Waals surface area contributed by atoms with Crippen molar-refractivity contribution in [3.63, 3.8) is 0 Å². The van der Waals surface area contributed by atoms with Gasteiger partial charge in [-0.1, -0.05) is 27.2 Å². The average molecular weight is 291 g/mol. The van der Waals surface area contributed by atoms with Gasteiger partial charge in [0.1, 0.15) is 18.2 Å². The zero-order chi connectivity index (χ0) is 15.2. The van der Waals surface area contributed by atoms with Crippen LogP contribution in [-0.2, 0) is 0 Å². The van der Waals surface area contributed by atoms with Gasteiger partial charge in [0, 0.05) is 6.54 Å². The molecule has 2 atom stereocenters. The molecule has 0 amide bonds. The van der Waals surface area contributed by atoms with Crippen LogP contribution in [0, 0.1) is 5.92 Å². The van der Waals surface area contributed by atoms with E-state index < -0.39 is 0 Å². The molecule has 118 valence electrons. The number of nitrogens with one attached hydrogen (secondary N) is 1. The zero-order valence-corrected chi connectivity index (χ0v) is 13.9. The summed E-state index contributed by atoms with van der Waals surface area (Å²) in [6.07, 6.45) is 8.14. The number of ether oxygens (including phenoxy) is 1. The molecular formula is C17H29N3O. The van der Waals surface area contributed by atoms with Crippen molar-refractivity contribution in [1.82, 2.24) is 9.97 Å². The van der Waals surface area contributed by atoms with Crippen LogP contribution in [0.3, 0.4) is 0 Å². The molecule has 0 radical (unpaired) electrons. The van der Waals surface area contributed by atoms with Crippen molar-refractivity contribution in [2.45, 2.75) is 71.8 Å². The summed E-state index contributed by atoms with van der Waals surface area (Å²) in [4.78, 5) is 8.81. The molecule has 0 spiro atoms. The SMILES string of the molecule is CCNc1ncnc(OC2CCCCC2CC)c1C(C)C. The third kappa shape index (κ3) is 3.86. The van der Waals surface area contributed by atoms with E-state index in [1.54, 1.807) is 6.33 Å². The number of aromatic nitrogens is 2. The van der Waals surface area contributed by atoms with Gasteiger partial charge >= 0.3 is 0 Å². The second-order valence-corrected chi connectivity index (χ2v) is 6.24. The molecule has 1 aliphatic rings. The molecule has 1 fully saturated rings. The molecule has 21 heavy (non-hydrogen) atoms. The Morgan fingerprint density at radius 1 is 1.24 bits per heavy atom. The van der Waals surface area contributed by atoms with Crippen LogP contribution in [0.2, 0.25) is 0 Å². The summed E-state index contributed by atoms with van der Waals surface area (Å²) in [5.41, 5.74) is 1.11. The van der Waals surface area contributed by atoms with Crippen molar-refractivity contribution in [2.75, 3.05) is 11.9 Å². The van der Waals surface area contributed by atoms with Crippen molar-refractivity contribution in [2.24, 2.45) is 5.92 Å². The number of hydrogen-bond donors (Lipinski definition) is 1. The fourth-order valence-electron chi connectivity index (χ4n) is 3.24. The van der Waals surface area contributed by atoms with Gasteiger partial charge in [0.2, 0.25) is 5.88 Å². The van der Waals surface area contributed by atoms with Gasteiger partial charge < -0.3 is 10.1 Å². The van der Waals surface area contributed by atoms with E-state index in [0.717, 1.165) is 30.2 Å². The lowest BCUT2D eigenvalue weighted by Crippen LogP contribution is -2.30. The van der Waals surface area contributed by atoms with Gasteiger partial charge in [-0.25, -0.2) is 9.97 Å². The average Bonchev–Trinajstić information content (AvgIpc) is 2.48. The van der Waals surface area contributed by atoms with Gasteiger partial charge in [0.15, 0.2) is 0 Å². The Bertz CT molecular complexity index is 448. The monoisotopic (exact) mass is 291 g/mol. The molecule has 2 rings (SSSR count). The maximum atomic E-state index is 6.35. The Balaban J connectivity index is 2.23. The highest BCUT2D eigenvalue weighted by Crippen LogP contribution is 2.35. The lowest BCUT2D eigenvalue weighted by atomic mass is 9.85. The predicted octanol–water partition coefficient (Wildman–Crippen LogP) is 4.38. The van der Waals surface area contributed by atoms with Gasteiger partial charge in [0.05, 0.1) is 5.56 Å². The first-order chi connectivity index (χ1) is 10.2. The summed E-state index contributed by atoms with van der Waals surface area (Å²) in [5.74, 6) is 2.71. The summed E-state index contributed by atoms with van der Waals surface area (Å²) in [6, 6.07) is 0. The van der Waals surface area contributed by atoms with Gasteiger partial charge in [-0.05, 0) is 44.4 Å². The Labute approximate surface area is 128 Å². The third-order valence-corrected chi connectivity index (χ3v) is 4.40. The van der Waals surface area contributed by atoms with Crippen molar-refractivity contribution < 1.29 is 4.74 Å². The van der Waals surface area contributed by atoms with Crippen molar-refractivity contribution in [3.05, 3.63) is 11.9 Å². The molecule has 4 heteroatoms. The van der Waals surface area contributed by atoms with Gasteiger partial charge in [-0.2, -0.15) is 0 Å². The van der Waals surface area contributed by atoms with Crippen LogP contribution in [0.25, 0.3) is 0 Å². The summed E-state index contributed by atoms with van der Waals surface area (Å²) < 4.78 is 6.35. The maximum absolute atomic E-state index is 6.35. The van der Waals surface area contributed by atoms with Gasteiger partial charge in [0.25, 0.3) is 0 Å². The molecular weight excluding hydrogens is 262 g/mol. The first-order valence-electron chi connectivity index (χ1n) is 8.42. The first kappa shape index (κ1) is 16.1. The molecule has 0 aromatic carbocycles. The number of rotatable bonds is 6. The number of hydrogen-bond acceptors (Lipinski definition) is 4. The van der Waals surface area contributed by atoms with E-state index in [9.17, 15) is 0 Å². The summed E-state index contributed by atoms with van der Waals surface area (Å²) >= 11 is 0. The minimum Gasteiger partial charge on any atom is -0.474 e. The highest BCUT2D eigenvalue weighted by Gasteiger charge is 2.27. The Hall–Kier alpha value is -1.32. The maximum Gasteiger partial charge on any atom is 0.222 e. The molecule has 2 unspecified atom stereocenters. The predicted molar refractivity (Wildman–Crippen MR) is 86.9 cm³/mol. The van der Waals surface area contributed by atoms with Gasteiger partial charge in [-0.3, -0.25) is 0 Å². The minimum atomic E-state index is 0.311. The van der Waals surface area contributed by atoms with E-state index in [1.165, 1.54) is 25.7 Å². The molecule has 1 N–H and O–H groups in total. The smallest absolute Gasteiger partial charge is 0.222 e. The topological polar surface area (TPSA) is 47.0 Å². The quantitative estimate of drug-likeness (QED) is 0.845. The van der Waals surface area contributed by atoms with E-state index in [1.807, 2.05) is 0 Å². The molecule has 0 aliphatic heterocycles. The molecule has 0 saturated heterocycles. The normalized spacial score (nSPS) is 22.3. The molecule has 1 aromatic heterocycles. The highest BCUT2D eigenvalue weighted by molar-refractivity contribution is 5.50. The summed E-state index contributed by atoms with van der Waals surface area (Å²) in [6.45, 7) is 9.55. The van der Waals surface area contributed by atoms with Crippen LogP contribution >= 0.6 is 0 Å². The Kier molecular flexibility index (Phi) is 5.83. The van der Waals surface area contributed by atoms with Crippen LogP contribution in [0.4, 0.5) is 5.82 Å². The highest BCUT2D eigenvalue weighted by atomic mass is 16.5. The van der Waals surface area contributed by atoms with Crippen molar-refractivity contribution >= 4 is 5.82 Å². The van der Waals surface area contributed by atoms with E-state index in [4.69, 9.17) is 4.74 Å². The van der Waals surface area contributed by atoms with E-state index in [-0.39, 0.29) is 0 Å². The van der Waals surface area contributed by atoms with Crippen LogP contribution in [0.15, 0.2) is 6.33 Å². The van der Waals surface area contributed by atoms with Gasteiger partial charge in [-0.15, -0.1) is 0 Å². The lowest BCUT2D eigenvalue weighted by molar-refractivity contribution is 0.0844. The first-order valence-corrected chi connectivity index (χ1v) is 8.42. The standard InChI is InChI=1S/C17H29N3O/c1-5-13-9-7-8-10-14(13)21-17-15(12(3)4)16(18-6-2)19-11-20-17/h11-14H,5-10H2,1-4H3,(H,18,19,20). The van der Waals surface area contributed by atoms with Crippen LogP contribution in [0.1, 0.15) is 71.3 Å². The third-order valence-electron chi connectivity index (χ3n) is 4.40. The second-order valence-electron chi connectivity index (χ2n) is 6.24. The molecule has 1 heterocycles. The minimum absolute atomic E-state index is 0.311. The van der Waals surface area contributed by atoms with Crippen LogP contribution < -0.4 is 10.1 Å². The number of nitrogens with zero attached hydrogens (tertiary/aromatic N) is 2. The summed E-state index contributed by atoms with van der Waals surface area (Å²) in [5, 5.41) is 3.33. The van der Waals surface area contributed by atoms with E-state index in [0.29, 0.717) is 17.9 Å². The second kappa shape index (κ2) is 7.62. The molecule has 4 nitrogen and oxygen atoms in total. The Morgan fingerprint density at radius 3 is 2.67 bits per heavy atom. The zero-order valence-electron chi connectivity index (χ0n) is 13.9. The fourth-order valence-corrected chi connectivity index (χ4v) is 3.24. The van der Waals surface area contributed by atoms with Crippen LogP contribution in [-0.4, -0.2) is 22.6 Å². The Morgan fingerprint density at radius 2 is 2.00 bits per heavy atom. The van der Waals surface area contributed by atoms with E-state index in [2.05, 4.69) is 43.0 Å². The molecule has 0 bridgehead atoms. The molecule has 1 saturated carbocycles. The van der Waals surface area contributed by atoms with Crippen LogP contribution in [0.5, 0.6) is 5.88 Å². The van der Waals surface area contributed by atoms with Crippen molar-refractivity contribution in [1.29, 1.82) is 0 Å². The number of anilines is 1. The molecule has 1 aromatic rings. The largest absolute Gasteiger partial charge is 0.474 e. The van der Waals surface area contributed by atoms with Crippen molar-refractivity contribution in [3.8, 4) is 5.88 Å². The molecule has 1 aliphatic carbocycles. The lowest BCUT2D eigenvalue weighted by Gasteiger charge is -2.31.